The Labute approximate surface area is 160 Å². The van der Waals surface area contributed by atoms with Crippen LogP contribution in [-0.4, -0.2) is 24.6 Å². The highest BCUT2D eigenvalue weighted by molar-refractivity contribution is 5.82. The van der Waals surface area contributed by atoms with Crippen molar-refractivity contribution in [2.45, 2.75) is 110 Å². The van der Waals surface area contributed by atoms with Crippen molar-refractivity contribution in [2.24, 2.45) is 11.8 Å². The van der Waals surface area contributed by atoms with Crippen LogP contribution in [0.1, 0.15) is 104 Å². The molecule has 0 heterocycles. The minimum Gasteiger partial charge on any atom is -0.465 e. The molecule has 0 aromatic rings. The first kappa shape index (κ1) is 23.0. The van der Waals surface area contributed by atoms with Gasteiger partial charge in [-0.1, -0.05) is 71.6 Å². The molecule has 26 heavy (non-hydrogen) atoms. The van der Waals surface area contributed by atoms with Crippen molar-refractivity contribution in [1.29, 1.82) is 0 Å². The summed E-state index contributed by atoms with van der Waals surface area (Å²) < 4.78 is 11.0. The van der Waals surface area contributed by atoms with E-state index in [1.807, 2.05) is 13.8 Å². The van der Waals surface area contributed by atoms with Gasteiger partial charge in [-0.25, -0.2) is 0 Å². The zero-order valence-electron chi connectivity index (χ0n) is 17.3. The largest absolute Gasteiger partial charge is 0.465 e. The molecule has 0 saturated heterocycles. The normalized spacial score (nSPS) is 21.2. The van der Waals surface area contributed by atoms with E-state index in [0.717, 1.165) is 44.9 Å². The maximum atomic E-state index is 12.4. The number of ether oxygens (including phenoxy) is 2. The topological polar surface area (TPSA) is 52.6 Å². The average Bonchev–Trinajstić information content (AvgIpc) is 2.66. The number of hydrogen-bond donors (Lipinski definition) is 0. The summed E-state index contributed by atoms with van der Waals surface area (Å²) in [5.41, 5.74) is 0. The van der Waals surface area contributed by atoms with Crippen molar-refractivity contribution in [2.75, 3.05) is 6.61 Å². The lowest BCUT2D eigenvalue weighted by Gasteiger charge is -2.29. The fraction of sp³-hybridized carbons (Fsp3) is 0.909. The zero-order chi connectivity index (χ0) is 19.2. The van der Waals surface area contributed by atoms with Gasteiger partial charge in [-0.2, -0.15) is 0 Å². The van der Waals surface area contributed by atoms with Crippen LogP contribution in [0.4, 0.5) is 0 Å². The summed E-state index contributed by atoms with van der Waals surface area (Å²) in [6.07, 6.45) is 14.0. The molecule has 152 valence electrons. The Kier molecular flexibility index (Phi) is 12.4. The highest BCUT2D eigenvalue weighted by Crippen LogP contribution is 2.32. The van der Waals surface area contributed by atoms with Crippen LogP contribution in [0.3, 0.4) is 0 Å². The fourth-order valence-electron chi connectivity index (χ4n) is 3.58. The Morgan fingerprint density at radius 3 is 1.96 bits per heavy atom. The molecule has 1 aliphatic rings. The minimum atomic E-state index is -0.316. The van der Waals surface area contributed by atoms with Gasteiger partial charge in [0.2, 0.25) is 0 Å². The van der Waals surface area contributed by atoms with Crippen molar-refractivity contribution in [3.05, 3.63) is 0 Å². The lowest BCUT2D eigenvalue weighted by Crippen LogP contribution is -2.36. The number of carbonyl (C=O) groups excluding carboxylic acids is 2. The van der Waals surface area contributed by atoms with Crippen LogP contribution in [0.5, 0.6) is 0 Å². The van der Waals surface area contributed by atoms with Gasteiger partial charge >= 0.3 is 11.9 Å². The Morgan fingerprint density at radius 1 is 0.846 bits per heavy atom. The Hall–Kier alpha value is -1.06. The summed E-state index contributed by atoms with van der Waals surface area (Å²) in [4.78, 5) is 24.8. The van der Waals surface area contributed by atoms with E-state index in [1.54, 1.807) is 0 Å². The van der Waals surface area contributed by atoms with Crippen LogP contribution in [-0.2, 0) is 19.1 Å². The number of hydrogen-bond acceptors (Lipinski definition) is 4. The van der Waals surface area contributed by atoms with Gasteiger partial charge in [0.25, 0.3) is 0 Å². The molecule has 4 nitrogen and oxygen atoms in total. The smallest absolute Gasteiger partial charge is 0.310 e. The molecule has 0 amide bonds. The maximum Gasteiger partial charge on any atom is 0.310 e. The molecule has 0 aromatic heterocycles. The standard InChI is InChI=1S/C22H40O4/c1-4-6-7-8-9-10-11-14-17-25-21(23)19-15-12-13-16-20(19)22(24)26-18(3)5-2/h18-20H,4-17H2,1-3H3. The Balaban J connectivity index is 2.25. The summed E-state index contributed by atoms with van der Waals surface area (Å²) in [7, 11) is 0. The van der Waals surface area contributed by atoms with Crippen molar-refractivity contribution >= 4 is 11.9 Å². The van der Waals surface area contributed by atoms with Gasteiger partial charge in [-0.05, 0) is 32.6 Å². The predicted octanol–water partition coefficient (Wildman–Crippen LogP) is 5.82. The third-order valence-corrected chi connectivity index (χ3v) is 5.51. The van der Waals surface area contributed by atoms with Gasteiger partial charge in [-0.15, -0.1) is 0 Å². The van der Waals surface area contributed by atoms with E-state index in [9.17, 15) is 9.59 Å². The van der Waals surface area contributed by atoms with Crippen molar-refractivity contribution in [1.82, 2.24) is 0 Å². The lowest BCUT2D eigenvalue weighted by molar-refractivity contribution is -0.165. The van der Waals surface area contributed by atoms with Crippen LogP contribution in [0.15, 0.2) is 0 Å². The van der Waals surface area contributed by atoms with Crippen LogP contribution >= 0.6 is 0 Å². The lowest BCUT2D eigenvalue weighted by atomic mass is 9.79. The quantitative estimate of drug-likeness (QED) is 0.304. The second kappa shape index (κ2) is 14.1. The van der Waals surface area contributed by atoms with Crippen LogP contribution in [0, 0.1) is 11.8 Å². The van der Waals surface area contributed by atoms with Gasteiger partial charge in [-0.3, -0.25) is 9.59 Å². The van der Waals surface area contributed by atoms with Crippen LogP contribution in [0.25, 0.3) is 0 Å². The molecule has 0 radical (unpaired) electrons. The van der Waals surface area contributed by atoms with E-state index in [2.05, 4.69) is 6.92 Å². The Morgan fingerprint density at radius 2 is 1.38 bits per heavy atom. The van der Waals surface area contributed by atoms with E-state index < -0.39 is 0 Å². The molecule has 0 spiro atoms. The molecular weight excluding hydrogens is 328 g/mol. The maximum absolute atomic E-state index is 12.4. The SMILES string of the molecule is CCCCCCCCCCOC(=O)C1CCCCC1C(=O)OC(C)CC. The van der Waals surface area contributed by atoms with Crippen molar-refractivity contribution < 1.29 is 19.1 Å². The zero-order valence-corrected chi connectivity index (χ0v) is 17.3. The number of carbonyl (C=O) groups is 2. The first-order valence-electron chi connectivity index (χ1n) is 11.0. The molecule has 1 aliphatic carbocycles. The third kappa shape index (κ3) is 9.05. The van der Waals surface area contributed by atoms with Gasteiger partial charge in [0.05, 0.1) is 24.5 Å². The van der Waals surface area contributed by atoms with Crippen molar-refractivity contribution in [3.8, 4) is 0 Å². The molecule has 3 atom stereocenters. The number of esters is 2. The van der Waals surface area contributed by atoms with Gasteiger partial charge in [0.15, 0.2) is 0 Å². The molecule has 0 N–H and O–H groups in total. The summed E-state index contributed by atoms with van der Waals surface area (Å²) in [5, 5.41) is 0. The molecule has 0 aliphatic heterocycles. The first-order valence-corrected chi connectivity index (χ1v) is 11.0. The summed E-state index contributed by atoms with van der Waals surface area (Å²) in [5.74, 6) is -1.04. The number of rotatable bonds is 13. The van der Waals surface area contributed by atoms with Gasteiger partial charge in [0.1, 0.15) is 0 Å². The highest BCUT2D eigenvalue weighted by atomic mass is 16.5. The molecule has 3 unspecified atom stereocenters. The van der Waals surface area contributed by atoms with E-state index in [0.29, 0.717) is 6.61 Å². The summed E-state index contributed by atoms with van der Waals surface area (Å²) in [6.45, 7) is 6.61. The van der Waals surface area contributed by atoms with E-state index in [4.69, 9.17) is 9.47 Å². The monoisotopic (exact) mass is 368 g/mol. The van der Waals surface area contributed by atoms with E-state index in [1.165, 1.54) is 38.5 Å². The second-order valence-corrected chi connectivity index (χ2v) is 7.80. The number of unbranched alkanes of at least 4 members (excludes halogenated alkanes) is 7. The van der Waals surface area contributed by atoms with E-state index >= 15 is 0 Å². The third-order valence-electron chi connectivity index (χ3n) is 5.51. The predicted molar refractivity (Wildman–Crippen MR) is 105 cm³/mol. The minimum absolute atomic E-state index is 0.0848. The van der Waals surface area contributed by atoms with Gasteiger partial charge in [0, 0.05) is 0 Å². The molecule has 1 saturated carbocycles. The molecule has 0 aromatic carbocycles. The first-order chi connectivity index (χ1) is 12.6. The molecule has 1 fully saturated rings. The second-order valence-electron chi connectivity index (χ2n) is 7.80. The van der Waals surface area contributed by atoms with Crippen molar-refractivity contribution in [3.63, 3.8) is 0 Å². The van der Waals surface area contributed by atoms with Crippen LogP contribution in [0.2, 0.25) is 0 Å². The Bertz CT molecular complexity index is 394. The fourth-order valence-corrected chi connectivity index (χ4v) is 3.58. The summed E-state index contributed by atoms with van der Waals surface area (Å²) in [6, 6.07) is 0. The molecule has 0 bridgehead atoms. The van der Waals surface area contributed by atoms with Gasteiger partial charge < -0.3 is 9.47 Å². The molecule has 1 rings (SSSR count). The molecule has 4 heteroatoms. The van der Waals surface area contributed by atoms with E-state index in [-0.39, 0.29) is 29.9 Å². The highest BCUT2D eigenvalue weighted by Gasteiger charge is 2.38. The van der Waals surface area contributed by atoms with Crippen LogP contribution < -0.4 is 0 Å². The molecular formula is C22H40O4. The summed E-state index contributed by atoms with van der Waals surface area (Å²) >= 11 is 0. The average molecular weight is 369 g/mol.